The predicted molar refractivity (Wildman–Crippen MR) is 104 cm³/mol. The predicted octanol–water partition coefficient (Wildman–Crippen LogP) is 3.52. The number of nitro groups is 1. The van der Waals surface area contributed by atoms with Crippen molar-refractivity contribution in [2.45, 2.75) is 10.9 Å². The molecule has 3 rings (SSSR count). The second-order valence-electron chi connectivity index (χ2n) is 5.65. The zero-order chi connectivity index (χ0) is 20.1. The number of hydrogen-bond acceptors (Lipinski definition) is 7. The van der Waals surface area contributed by atoms with Gasteiger partial charge in [-0.1, -0.05) is 23.9 Å². The minimum atomic E-state index is -0.519. The summed E-state index contributed by atoms with van der Waals surface area (Å²) in [5.74, 6) is 1.11. The number of nitrogens with zero attached hydrogens (tertiary/aromatic N) is 3. The Morgan fingerprint density at radius 3 is 2.46 bits per heavy atom. The first-order valence-electron chi connectivity index (χ1n) is 8.07. The number of aromatic nitrogens is 2. The molecule has 0 amide bonds. The van der Waals surface area contributed by atoms with Gasteiger partial charge in [-0.25, -0.2) is 4.98 Å². The van der Waals surface area contributed by atoms with E-state index in [1.165, 1.54) is 23.9 Å². The first-order chi connectivity index (χ1) is 13.5. The van der Waals surface area contributed by atoms with Crippen LogP contribution in [0.1, 0.15) is 11.1 Å². The van der Waals surface area contributed by atoms with Crippen LogP contribution in [0.5, 0.6) is 5.75 Å². The summed E-state index contributed by atoms with van der Waals surface area (Å²) in [6.45, 7) is 0. The van der Waals surface area contributed by atoms with E-state index in [1.807, 2.05) is 6.07 Å². The van der Waals surface area contributed by atoms with Crippen molar-refractivity contribution in [2.75, 3.05) is 7.11 Å². The number of nitriles is 1. The van der Waals surface area contributed by atoms with Crippen LogP contribution in [0.4, 0.5) is 5.69 Å². The lowest BCUT2D eigenvalue weighted by atomic mass is 10.1. The lowest BCUT2D eigenvalue weighted by molar-refractivity contribution is -0.384. The van der Waals surface area contributed by atoms with Crippen LogP contribution < -0.4 is 10.3 Å². The quantitative estimate of drug-likeness (QED) is 0.294. The molecule has 3 aromatic rings. The molecule has 8 nitrogen and oxygen atoms in total. The summed E-state index contributed by atoms with van der Waals surface area (Å²) in [5, 5.41) is 20.4. The van der Waals surface area contributed by atoms with Gasteiger partial charge in [-0.05, 0) is 29.8 Å². The summed E-state index contributed by atoms with van der Waals surface area (Å²) in [4.78, 5) is 29.6. The Kier molecular flexibility index (Phi) is 5.72. The molecule has 1 heterocycles. The number of nitro benzene ring substituents is 1. The molecule has 0 radical (unpaired) electrons. The third-order valence-electron chi connectivity index (χ3n) is 3.90. The molecule has 0 spiro atoms. The average molecular weight is 394 g/mol. The van der Waals surface area contributed by atoms with Gasteiger partial charge in [0.25, 0.3) is 11.2 Å². The van der Waals surface area contributed by atoms with Crippen LogP contribution in [0.25, 0.3) is 11.3 Å². The summed E-state index contributed by atoms with van der Waals surface area (Å²) in [5.41, 5.74) is 1.19. The first kappa shape index (κ1) is 19.1. The third-order valence-corrected chi connectivity index (χ3v) is 4.84. The molecule has 140 valence electrons. The molecule has 0 aliphatic heterocycles. The number of hydrogen-bond donors (Lipinski definition) is 1. The summed E-state index contributed by atoms with van der Waals surface area (Å²) in [6, 6.07) is 15.0. The largest absolute Gasteiger partial charge is 0.497 e. The van der Waals surface area contributed by atoms with Crippen molar-refractivity contribution in [3.63, 3.8) is 0 Å². The van der Waals surface area contributed by atoms with E-state index in [1.54, 1.807) is 43.5 Å². The van der Waals surface area contributed by atoms with Gasteiger partial charge in [-0.15, -0.1) is 0 Å². The van der Waals surface area contributed by atoms with Crippen molar-refractivity contribution < 1.29 is 9.66 Å². The number of methoxy groups -OCH3 is 1. The van der Waals surface area contributed by atoms with Gasteiger partial charge in [-0.3, -0.25) is 14.9 Å². The third kappa shape index (κ3) is 4.19. The van der Waals surface area contributed by atoms with Gasteiger partial charge in [0, 0.05) is 23.4 Å². The summed E-state index contributed by atoms with van der Waals surface area (Å²) in [7, 11) is 1.55. The minimum Gasteiger partial charge on any atom is -0.497 e. The topological polar surface area (TPSA) is 122 Å². The van der Waals surface area contributed by atoms with E-state index in [4.69, 9.17) is 4.74 Å². The molecule has 0 bridgehead atoms. The van der Waals surface area contributed by atoms with Crippen molar-refractivity contribution in [1.82, 2.24) is 9.97 Å². The number of benzene rings is 2. The van der Waals surface area contributed by atoms with Crippen LogP contribution in [0.15, 0.2) is 58.5 Å². The molecule has 0 saturated heterocycles. The van der Waals surface area contributed by atoms with Gasteiger partial charge in [0.2, 0.25) is 0 Å². The van der Waals surface area contributed by atoms with Crippen LogP contribution in [0.2, 0.25) is 0 Å². The molecule has 0 saturated carbocycles. The van der Waals surface area contributed by atoms with E-state index in [0.29, 0.717) is 27.9 Å². The zero-order valence-electron chi connectivity index (χ0n) is 14.7. The van der Waals surface area contributed by atoms with Crippen molar-refractivity contribution in [2.24, 2.45) is 0 Å². The Bertz CT molecular complexity index is 1100. The monoisotopic (exact) mass is 394 g/mol. The lowest BCUT2D eigenvalue weighted by Crippen LogP contribution is -2.14. The maximum absolute atomic E-state index is 12.3. The average Bonchev–Trinajstić information content (AvgIpc) is 2.72. The van der Waals surface area contributed by atoms with Crippen molar-refractivity contribution in [3.05, 3.63) is 80.1 Å². The minimum absolute atomic E-state index is 0.0143. The van der Waals surface area contributed by atoms with Crippen LogP contribution >= 0.6 is 11.8 Å². The summed E-state index contributed by atoms with van der Waals surface area (Å²) < 4.78 is 5.12. The number of rotatable bonds is 6. The van der Waals surface area contributed by atoms with E-state index in [2.05, 4.69) is 9.97 Å². The highest BCUT2D eigenvalue weighted by molar-refractivity contribution is 7.98. The lowest BCUT2D eigenvalue weighted by Gasteiger charge is -2.07. The van der Waals surface area contributed by atoms with Crippen molar-refractivity contribution in [3.8, 4) is 23.1 Å². The van der Waals surface area contributed by atoms with E-state index in [9.17, 15) is 20.2 Å². The van der Waals surface area contributed by atoms with Gasteiger partial charge < -0.3 is 9.72 Å². The van der Waals surface area contributed by atoms with Gasteiger partial charge >= 0.3 is 0 Å². The van der Waals surface area contributed by atoms with Gasteiger partial charge in [0.05, 0.1) is 17.7 Å². The highest BCUT2D eigenvalue weighted by Crippen LogP contribution is 2.26. The molecule has 0 aliphatic carbocycles. The maximum Gasteiger partial charge on any atom is 0.270 e. The molecule has 1 aromatic heterocycles. The zero-order valence-corrected chi connectivity index (χ0v) is 15.5. The Morgan fingerprint density at radius 1 is 1.21 bits per heavy atom. The van der Waals surface area contributed by atoms with E-state index in [-0.39, 0.29) is 11.3 Å². The molecule has 0 unspecified atom stereocenters. The Labute approximate surface area is 164 Å². The van der Waals surface area contributed by atoms with Crippen LogP contribution in [-0.2, 0) is 5.75 Å². The maximum atomic E-state index is 12.3. The van der Waals surface area contributed by atoms with Crippen molar-refractivity contribution >= 4 is 17.4 Å². The highest BCUT2D eigenvalue weighted by Gasteiger charge is 2.14. The fraction of sp³-hybridized carbons (Fsp3) is 0.105. The number of aromatic amines is 1. The number of nitrogens with one attached hydrogen (secondary N) is 1. The molecule has 0 atom stereocenters. The molecule has 1 N–H and O–H groups in total. The Balaban J connectivity index is 1.87. The second kappa shape index (κ2) is 8.37. The molecule has 0 aliphatic rings. The van der Waals surface area contributed by atoms with Gasteiger partial charge in [-0.2, -0.15) is 5.26 Å². The smallest absolute Gasteiger partial charge is 0.270 e. The molecule has 0 fully saturated rings. The van der Waals surface area contributed by atoms with Gasteiger partial charge in [0.15, 0.2) is 5.16 Å². The fourth-order valence-electron chi connectivity index (χ4n) is 2.45. The number of H-pyrrole nitrogens is 1. The van der Waals surface area contributed by atoms with Crippen LogP contribution in [0, 0.1) is 21.4 Å². The summed E-state index contributed by atoms with van der Waals surface area (Å²) in [6.07, 6.45) is 0. The molecular weight excluding hydrogens is 380 g/mol. The van der Waals surface area contributed by atoms with Crippen LogP contribution in [0.3, 0.4) is 0 Å². The molecule has 2 aromatic carbocycles. The highest BCUT2D eigenvalue weighted by atomic mass is 32.2. The fourth-order valence-corrected chi connectivity index (χ4v) is 3.26. The van der Waals surface area contributed by atoms with Crippen LogP contribution in [-0.4, -0.2) is 22.0 Å². The summed E-state index contributed by atoms with van der Waals surface area (Å²) >= 11 is 1.27. The molecule has 28 heavy (non-hydrogen) atoms. The van der Waals surface area contributed by atoms with E-state index < -0.39 is 10.5 Å². The number of ether oxygens (including phenoxy) is 1. The second-order valence-corrected chi connectivity index (χ2v) is 6.61. The Morgan fingerprint density at radius 2 is 1.89 bits per heavy atom. The number of thioether (sulfide) groups is 1. The molecule has 9 heteroatoms. The standard InChI is InChI=1S/C19H14N4O4S/c1-27-15-8-4-13(5-9-15)17-16(10-20)18(24)22-19(21-17)28-11-12-2-6-14(7-3-12)23(25)26/h2-9H,11H2,1H3,(H,21,22,24). The first-order valence-corrected chi connectivity index (χ1v) is 9.05. The number of non-ortho nitro benzene ring substituents is 1. The Hall–Kier alpha value is -3.64. The van der Waals surface area contributed by atoms with Crippen molar-refractivity contribution in [1.29, 1.82) is 5.26 Å². The van der Waals surface area contributed by atoms with Gasteiger partial charge in [0.1, 0.15) is 17.4 Å². The van der Waals surface area contributed by atoms with E-state index >= 15 is 0 Å². The SMILES string of the molecule is COc1ccc(-c2nc(SCc3ccc([N+](=O)[O-])cc3)[nH]c(=O)c2C#N)cc1. The normalized spacial score (nSPS) is 10.3. The van der Waals surface area contributed by atoms with E-state index in [0.717, 1.165) is 5.56 Å². The molecular formula is C19H14N4O4S.